The van der Waals surface area contributed by atoms with Crippen molar-refractivity contribution in [1.82, 2.24) is 10.2 Å². The van der Waals surface area contributed by atoms with Gasteiger partial charge in [0.25, 0.3) is 0 Å². The van der Waals surface area contributed by atoms with Crippen LogP contribution in [0.15, 0.2) is 4.99 Å². The van der Waals surface area contributed by atoms with Crippen LogP contribution in [0.2, 0.25) is 0 Å². The molecular weight excluding hydrogens is 262 g/mol. The zero-order valence-electron chi connectivity index (χ0n) is 14.0. The van der Waals surface area contributed by atoms with Crippen molar-refractivity contribution in [3.05, 3.63) is 0 Å². The highest BCUT2D eigenvalue weighted by atomic mass is 16.5. The maximum absolute atomic E-state index is 5.61. The molecule has 1 saturated heterocycles. The molecule has 0 atom stereocenters. The number of ether oxygens (including phenoxy) is 1. The Labute approximate surface area is 130 Å². The summed E-state index contributed by atoms with van der Waals surface area (Å²) < 4.78 is 5.61. The van der Waals surface area contributed by atoms with Crippen molar-refractivity contribution in [2.24, 2.45) is 10.4 Å². The van der Waals surface area contributed by atoms with E-state index in [9.17, 15) is 0 Å². The van der Waals surface area contributed by atoms with E-state index in [-0.39, 0.29) is 0 Å². The van der Waals surface area contributed by atoms with Crippen molar-refractivity contribution in [3.8, 4) is 0 Å². The minimum Gasteiger partial charge on any atom is -0.380 e. The molecule has 1 saturated carbocycles. The number of hydrogen-bond donors (Lipinski definition) is 1. The molecule has 0 amide bonds. The number of nitrogens with zero attached hydrogens (tertiary/aromatic N) is 2. The van der Waals surface area contributed by atoms with Crippen molar-refractivity contribution in [3.63, 3.8) is 0 Å². The molecule has 0 aromatic heterocycles. The van der Waals surface area contributed by atoms with Crippen LogP contribution in [0.1, 0.15) is 58.3 Å². The molecule has 1 aliphatic heterocycles. The molecule has 2 fully saturated rings. The fraction of sp³-hybridized carbons (Fsp3) is 0.941. The molecule has 0 unspecified atom stereocenters. The van der Waals surface area contributed by atoms with E-state index >= 15 is 0 Å². The van der Waals surface area contributed by atoms with Gasteiger partial charge in [-0.25, -0.2) is 0 Å². The van der Waals surface area contributed by atoms with Gasteiger partial charge in [-0.05, 0) is 31.1 Å². The highest BCUT2D eigenvalue weighted by Gasteiger charge is 2.39. The summed E-state index contributed by atoms with van der Waals surface area (Å²) >= 11 is 0. The lowest BCUT2D eigenvalue weighted by atomic mass is 9.73. The molecule has 122 valence electrons. The molecular formula is C17H33N3O. The number of aliphatic imine (C=N–C) groups is 1. The van der Waals surface area contributed by atoms with E-state index in [4.69, 9.17) is 4.74 Å². The monoisotopic (exact) mass is 295 g/mol. The van der Waals surface area contributed by atoms with E-state index in [1.165, 1.54) is 51.5 Å². The average Bonchev–Trinajstić information content (AvgIpc) is 2.91. The Balaban J connectivity index is 1.70. The van der Waals surface area contributed by atoms with Gasteiger partial charge < -0.3 is 15.0 Å². The van der Waals surface area contributed by atoms with Gasteiger partial charge in [0.2, 0.25) is 0 Å². The maximum Gasteiger partial charge on any atom is 0.193 e. The summed E-state index contributed by atoms with van der Waals surface area (Å²) in [5, 5.41) is 3.46. The van der Waals surface area contributed by atoms with Crippen LogP contribution in [0.5, 0.6) is 0 Å². The first-order valence-corrected chi connectivity index (χ1v) is 8.83. The summed E-state index contributed by atoms with van der Waals surface area (Å²) in [5.74, 6) is 1.07. The van der Waals surface area contributed by atoms with E-state index in [0.717, 1.165) is 38.7 Å². The molecule has 2 aliphatic rings. The SMILES string of the molecule is CCCCOCCNC(=NC)N1CCC2(CCCCC2)C1. The average molecular weight is 295 g/mol. The van der Waals surface area contributed by atoms with E-state index < -0.39 is 0 Å². The Morgan fingerprint density at radius 2 is 2.00 bits per heavy atom. The fourth-order valence-corrected chi connectivity index (χ4v) is 3.74. The number of nitrogens with one attached hydrogen (secondary N) is 1. The Bertz CT molecular complexity index is 324. The van der Waals surface area contributed by atoms with Gasteiger partial charge in [-0.1, -0.05) is 32.6 Å². The third kappa shape index (κ3) is 4.87. The first kappa shape index (κ1) is 16.6. The minimum absolute atomic E-state index is 0.591. The molecule has 21 heavy (non-hydrogen) atoms. The molecule has 0 aromatic rings. The van der Waals surface area contributed by atoms with Gasteiger partial charge in [0.05, 0.1) is 6.61 Å². The zero-order valence-corrected chi connectivity index (χ0v) is 14.0. The molecule has 0 aromatic carbocycles. The molecule has 2 rings (SSSR count). The second kappa shape index (κ2) is 8.62. The smallest absolute Gasteiger partial charge is 0.193 e. The number of likely N-dealkylation sites (tertiary alicyclic amines) is 1. The van der Waals surface area contributed by atoms with Crippen molar-refractivity contribution in [1.29, 1.82) is 0 Å². The molecule has 4 nitrogen and oxygen atoms in total. The molecule has 4 heteroatoms. The number of rotatable bonds is 6. The maximum atomic E-state index is 5.61. The largest absolute Gasteiger partial charge is 0.380 e. The van der Waals surface area contributed by atoms with Crippen molar-refractivity contribution < 1.29 is 4.74 Å². The number of guanidine groups is 1. The van der Waals surface area contributed by atoms with Crippen molar-refractivity contribution >= 4 is 5.96 Å². The lowest BCUT2D eigenvalue weighted by molar-refractivity contribution is 0.135. The predicted molar refractivity (Wildman–Crippen MR) is 88.8 cm³/mol. The quantitative estimate of drug-likeness (QED) is 0.465. The standard InChI is InChI=1S/C17H33N3O/c1-3-4-13-21-14-11-19-16(18-2)20-12-10-17(15-20)8-6-5-7-9-17/h3-15H2,1-2H3,(H,18,19). The first-order chi connectivity index (χ1) is 10.3. The van der Waals surface area contributed by atoms with Crippen LogP contribution in [0, 0.1) is 5.41 Å². The van der Waals surface area contributed by atoms with Crippen molar-refractivity contribution in [2.45, 2.75) is 58.3 Å². The normalized spacial score (nSPS) is 22.0. The third-order valence-corrected chi connectivity index (χ3v) is 5.04. The predicted octanol–water partition coefficient (Wildman–Crippen LogP) is 3.03. The lowest BCUT2D eigenvalue weighted by Crippen LogP contribution is -2.42. The summed E-state index contributed by atoms with van der Waals surface area (Å²) in [6.07, 6.45) is 10.8. The minimum atomic E-state index is 0.591. The van der Waals surface area contributed by atoms with Crippen LogP contribution in [0.3, 0.4) is 0 Å². The number of hydrogen-bond acceptors (Lipinski definition) is 2. The first-order valence-electron chi connectivity index (χ1n) is 8.83. The van der Waals surface area contributed by atoms with Crippen LogP contribution in [0.4, 0.5) is 0 Å². The summed E-state index contributed by atoms with van der Waals surface area (Å²) in [7, 11) is 1.89. The highest BCUT2D eigenvalue weighted by molar-refractivity contribution is 5.80. The van der Waals surface area contributed by atoms with E-state index in [2.05, 4.69) is 22.1 Å². The Kier molecular flexibility index (Phi) is 6.81. The van der Waals surface area contributed by atoms with Gasteiger partial charge >= 0.3 is 0 Å². The van der Waals surface area contributed by atoms with Crippen LogP contribution in [0.25, 0.3) is 0 Å². The van der Waals surface area contributed by atoms with Crippen molar-refractivity contribution in [2.75, 3.05) is 39.9 Å². The van der Waals surface area contributed by atoms with Gasteiger partial charge in [-0.15, -0.1) is 0 Å². The molecule has 1 spiro atoms. The Morgan fingerprint density at radius 1 is 1.19 bits per heavy atom. The number of unbranched alkanes of at least 4 members (excludes halogenated alkanes) is 1. The summed E-state index contributed by atoms with van der Waals surface area (Å²) in [6, 6.07) is 0. The van der Waals surface area contributed by atoms with Crippen LogP contribution < -0.4 is 5.32 Å². The van der Waals surface area contributed by atoms with Gasteiger partial charge in [-0.3, -0.25) is 4.99 Å². The van der Waals surface area contributed by atoms with Crippen LogP contribution >= 0.6 is 0 Å². The second-order valence-electron chi connectivity index (χ2n) is 6.67. The lowest BCUT2D eigenvalue weighted by Gasteiger charge is -2.33. The van der Waals surface area contributed by atoms with Gasteiger partial charge in [-0.2, -0.15) is 0 Å². The summed E-state index contributed by atoms with van der Waals surface area (Å²) in [4.78, 5) is 6.91. The Hall–Kier alpha value is -0.770. The van der Waals surface area contributed by atoms with E-state index in [1.807, 2.05) is 7.05 Å². The zero-order chi connectivity index (χ0) is 15.0. The molecule has 1 N–H and O–H groups in total. The molecule has 0 bridgehead atoms. The van der Waals surface area contributed by atoms with Gasteiger partial charge in [0.1, 0.15) is 0 Å². The van der Waals surface area contributed by atoms with Crippen LogP contribution in [-0.4, -0.2) is 50.8 Å². The molecule has 0 radical (unpaired) electrons. The van der Waals surface area contributed by atoms with Crippen LogP contribution in [-0.2, 0) is 4.74 Å². The summed E-state index contributed by atoms with van der Waals surface area (Å²) in [5.41, 5.74) is 0.591. The third-order valence-electron chi connectivity index (χ3n) is 5.04. The molecule has 1 heterocycles. The molecule has 1 aliphatic carbocycles. The van der Waals surface area contributed by atoms with Gasteiger partial charge in [0, 0.05) is 33.3 Å². The Morgan fingerprint density at radius 3 is 2.71 bits per heavy atom. The fourth-order valence-electron chi connectivity index (χ4n) is 3.74. The topological polar surface area (TPSA) is 36.9 Å². The summed E-state index contributed by atoms with van der Waals surface area (Å²) in [6.45, 7) is 7.07. The van der Waals surface area contributed by atoms with E-state index in [1.54, 1.807) is 0 Å². The van der Waals surface area contributed by atoms with E-state index in [0.29, 0.717) is 5.41 Å². The van der Waals surface area contributed by atoms with Gasteiger partial charge in [0.15, 0.2) is 5.96 Å². The second-order valence-corrected chi connectivity index (χ2v) is 6.67. The highest BCUT2D eigenvalue weighted by Crippen LogP contribution is 2.43.